The molecule has 1 N–H and O–H groups in total. The van der Waals surface area contributed by atoms with Crippen LogP contribution in [0.1, 0.15) is 51.5 Å². The molecule has 0 heterocycles. The number of benzene rings is 1. The normalized spacial score (nSPS) is 11.8. The molecule has 0 saturated heterocycles. The van der Waals surface area contributed by atoms with Crippen molar-refractivity contribution in [3.05, 3.63) is 29.6 Å². The summed E-state index contributed by atoms with van der Waals surface area (Å²) in [5, 5.41) is 9.08. The molecule has 24 heavy (non-hydrogen) atoms. The fraction of sp³-hybridized carbons (Fsp3) is 0.611. The number of carbonyl (C=O) groups is 1. The van der Waals surface area contributed by atoms with Crippen molar-refractivity contribution in [2.45, 2.75) is 58.3 Å². The quantitative estimate of drug-likeness (QED) is 0.616. The maximum atomic E-state index is 13.8. The highest BCUT2D eigenvalue weighted by atomic mass is 19.3. The SMILES string of the molecule is CC(C)COC(=O)CCCC(F)(F)CCCc1ccc(O)c(F)c1. The standard InChI is InChI=1S/C18H25F3O3/c1-13(2)12-24-17(23)6-4-10-18(20,21)9-3-5-14-7-8-16(22)15(19)11-14/h7-8,11,13,22H,3-6,9-10,12H2,1-2H3. The van der Waals surface area contributed by atoms with Crippen molar-refractivity contribution >= 4 is 5.97 Å². The second-order valence-electron chi connectivity index (χ2n) is 6.43. The van der Waals surface area contributed by atoms with Crippen LogP contribution in [-0.2, 0) is 16.0 Å². The fourth-order valence-corrected chi connectivity index (χ4v) is 2.21. The molecule has 1 rings (SSSR count). The van der Waals surface area contributed by atoms with E-state index in [1.807, 2.05) is 13.8 Å². The van der Waals surface area contributed by atoms with Crippen molar-refractivity contribution in [1.82, 2.24) is 0 Å². The Morgan fingerprint density at radius 2 is 1.92 bits per heavy atom. The predicted molar refractivity (Wildman–Crippen MR) is 85.6 cm³/mol. The average Bonchev–Trinajstić information content (AvgIpc) is 2.48. The minimum atomic E-state index is -2.85. The van der Waals surface area contributed by atoms with Crippen LogP contribution in [0.4, 0.5) is 13.2 Å². The maximum Gasteiger partial charge on any atom is 0.305 e. The Morgan fingerprint density at radius 3 is 2.54 bits per heavy atom. The predicted octanol–water partition coefficient (Wildman–Crippen LogP) is 4.86. The van der Waals surface area contributed by atoms with Gasteiger partial charge >= 0.3 is 5.97 Å². The lowest BCUT2D eigenvalue weighted by Gasteiger charge is -2.16. The zero-order valence-corrected chi connectivity index (χ0v) is 14.2. The van der Waals surface area contributed by atoms with E-state index in [4.69, 9.17) is 9.84 Å². The Hall–Kier alpha value is -1.72. The molecule has 0 bridgehead atoms. The molecule has 0 aromatic heterocycles. The van der Waals surface area contributed by atoms with Gasteiger partial charge in [-0.25, -0.2) is 13.2 Å². The van der Waals surface area contributed by atoms with E-state index in [2.05, 4.69) is 0 Å². The fourth-order valence-electron chi connectivity index (χ4n) is 2.21. The molecule has 1 aromatic carbocycles. The Kier molecular flexibility index (Phi) is 8.08. The second-order valence-corrected chi connectivity index (χ2v) is 6.43. The Bertz CT molecular complexity index is 530. The third-order valence-electron chi connectivity index (χ3n) is 3.52. The van der Waals surface area contributed by atoms with Crippen molar-refractivity contribution in [3.63, 3.8) is 0 Å². The van der Waals surface area contributed by atoms with E-state index in [1.54, 1.807) is 0 Å². The van der Waals surface area contributed by atoms with Crippen molar-refractivity contribution in [1.29, 1.82) is 0 Å². The molecule has 0 saturated carbocycles. The first kappa shape index (κ1) is 20.3. The highest BCUT2D eigenvalue weighted by Crippen LogP contribution is 2.28. The minimum Gasteiger partial charge on any atom is -0.505 e. The highest BCUT2D eigenvalue weighted by molar-refractivity contribution is 5.69. The van der Waals surface area contributed by atoms with Crippen molar-refractivity contribution in [2.75, 3.05) is 6.61 Å². The van der Waals surface area contributed by atoms with E-state index in [9.17, 15) is 18.0 Å². The van der Waals surface area contributed by atoms with Crippen LogP contribution < -0.4 is 0 Å². The summed E-state index contributed by atoms with van der Waals surface area (Å²) in [5.41, 5.74) is 0.568. The molecule has 0 aliphatic heterocycles. The first-order valence-electron chi connectivity index (χ1n) is 8.20. The van der Waals surface area contributed by atoms with Gasteiger partial charge in [-0.15, -0.1) is 0 Å². The number of aromatic hydroxyl groups is 1. The van der Waals surface area contributed by atoms with Gasteiger partial charge < -0.3 is 9.84 Å². The smallest absolute Gasteiger partial charge is 0.305 e. The van der Waals surface area contributed by atoms with Gasteiger partial charge in [-0.1, -0.05) is 19.9 Å². The molecule has 0 amide bonds. The van der Waals surface area contributed by atoms with Crippen molar-refractivity contribution in [2.24, 2.45) is 5.92 Å². The van der Waals surface area contributed by atoms with Gasteiger partial charge in [0.25, 0.3) is 0 Å². The maximum absolute atomic E-state index is 13.8. The summed E-state index contributed by atoms with van der Waals surface area (Å²) < 4.78 is 45.6. The largest absolute Gasteiger partial charge is 0.505 e. The Balaban J connectivity index is 2.25. The van der Waals surface area contributed by atoms with E-state index in [0.717, 1.165) is 6.07 Å². The zero-order valence-electron chi connectivity index (χ0n) is 14.2. The van der Waals surface area contributed by atoms with Gasteiger partial charge in [-0.3, -0.25) is 4.79 Å². The van der Waals surface area contributed by atoms with Crippen LogP contribution in [0.3, 0.4) is 0 Å². The Morgan fingerprint density at radius 1 is 1.25 bits per heavy atom. The summed E-state index contributed by atoms with van der Waals surface area (Å²) in [6.45, 7) is 4.11. The number of alkyl halides is 2. The molecule has 0 atom stereocenters. The number of esters is 1. The van der Waals surface area contributed by atoms with Gasteiger partial charge in [-0.05, 0) is 42.9 Å². The summed E-state index contributed by atoms with van der Waals surface area (Å²) in [6, 6.07) is 3.88. The number of ether oxygens (including phenoxy) is 1. The van der Waals surface area contributed by atoms with Gasteiger partial charge in [0.15, 0.2) is 11.6 Å². The van der Waals surface area contributed by atoms with Crippen LogP contribution >= 0.6 is 0 Å². The van der Waals surface area contributed by atoms with Crippen LogP contribution in [0.25, 0.3) is 0 Å². The van der Waals surface area contributed by atoms with Gasteiger partial charge in [0.1, 0.15) is 0 Å². The van der Waals surface area contributed by atoms with Crippen LogP contribution in [-0.4, -0.2) is 23.6 Å². The Labute approximate surface area is 140 Å². The number of aryl methyl sites for hydroxylation is 1. The lowest BCUT2D eigenvalue weighted by atomic mass is 10.0. The van der Waals surface area contributed by atoms with E-state index < -0.39 is 23.5 Å². The summed E-state index contributed by atoms with van der Waals surface area (Å²) in [5.74, 6) is -4.28. The molecule has 0 unspecified atom stereocenters. The van der Waals surface area contributed by atoms with E-state index in [-0.39, 0.29) is 38.0 Å². The molecule has 3 nitrogen and oxygen atoms in total. The molecule has 0 fully saturated rings. The van der Waals surface area contributed by atoms with Gasteiger partial charge in [-0.2, -0.15) is 0 Å². The third-order valence-corrected chi connectivity index (χ3v) is 3.52. The van der Waals surface area contributed by atoms with Gasteiger partial charge in [0.05, 0.1) is 6.61 Å². The topological polar surface area (TPSA) is 46.5 Å². The van der Waals surface area contributed by atoms with Crippen LogP contribution in [0, 0.1) is 11.7 Å². The molecular weight excluding hydrogens is 321 g/mol. The minimum absolute atomic E-state index is 0.00845. The number of phenolic OH excluding ortho intramolecular Hbond substituents is 1. The lowest BCUT2D eigenvalue weighted by molar-refractivity contribution is -0.145. The molecule has 0 spiro atoms. The average molecular weight is 346 g/mol. The van der Waals surface area contributed by atoms with E-state index in [0.29, 0.717) is 18.6 Å². The molecule has 136 valence electrons. The van der Waals surface area contributed by atoms with Crippen molar-refractivity contribution in [3.8, 4) is 5.75 Å². The highest BCUT2D eigenvalue weighted by Gasteiger charge is 2.28. The van der Waals surface area contributed by atoms with Gasteiger partial charge in [0.2, 0.25) is 5.92 Å². The third kappa shape index (κ3) is 8.22. The lowest BCUT2D eigenvalue weighted by Crippen LogP contribution is -2.17. The number of halogens is 3. The monoisotopic (exact) mass is 346 g/mol. The first-order valence-corrected chi connectivity index (χ1v) is 8.20. The summed E-state index contributed by atoms with van der Waals surface area (Å²) in [7, 11) is 0. The molecule has 0 aliphatic rings. The second kappa shape index (κ2) is 9.55. The van der Waals surface area contributed by atoms with Crippen LogP contribution in [0.5, 0.6) is 5.75 Å². The molecule has 0 radical (unpaired) electrons. The number of hydrogen-bond donors (Lipinski definition) is 1. The van der Waals surface area contributed by atoms with Crippen LogP contribution in [0.15, 0.2) is 18.2 Å². The summed E-state index contributed by atoms with van der Waals surface area (Å²) >= 11 is 0. The molecule has 0 aliphatic carbocycles. The number of carbonyl (C=O) groups excluding carboxylic acids is 1. The summed E-state index contributed by atoms with van der Waals surface area (Å²) in [6.07, 6.45) is -0.105. The first-order chi connectivity index (χ1) is 11.2. The number of rotatable bonds is 10. The molecule has 1 aromatic rings. The zero-order chi connectivity index (χ0) is 18.2. The number of hydrogen-bond acceptors (Lipinski definition) is 3. The van der Waals surface area contributed by atoms with Crippen molar-refractivity contribution < 1.29 is 27.8 Å². The molecular formula is C18H25F3O3. The van der Waals surface area contributed by atoms with E-state index in [1.165, 1.54) is 12.1 Å². The summed E-state index contributed by atoms with van der Waals surface area (Å²) in [4.78, 5) is 11.4. The van der Waals surface area contributed by atoms with Crippen LogP contribution in [0.2, 0.25) is 0 Å². The number of phenols is 1. The van der Waals surface area contributed by atoms with Gasteiger partial charge in [0, 0.05) is 19.3 Å². The molecule has 6 heteroatoms. The van der Waals surface area contributed by atoms with E-state index >= 15 is 0 Å².